The molecule has 0 bridgehead atoms. The molecule has 1 N–H and O–H groups in total. The summed E-state index contributed by atoms with van der Waals surface area (Å²) in [5.74, 6) is 3.65. The summed E-state index contributed by atoms with van der Waals surface area (Å²) in [7, 11) is 0. The van der Waals surface area contributed by atoms with Crippen LogP contribution in [0.1, 0.15) is 54.1 Å². The van der Waals surface area contributed by atoms with Crippen LogP contribution in [0.15, 0.2) is 48.7 Å². The third-order valence-electron chi connectivity index (χ3n) is 9.08. The molecule has 0 radical (unpaired) electrons. The molecule has 12 heteroatoms. The maximum atomic E-state index is 14.7. The van der Waals surface area contributed by atoms with Crippen molar-refractivity contribution in [3.63, 3.8) is 0 Å². The standard InChI is InChI=1S/C33H33ClFN7O3/c1-19-37-33(40-39-19)27-14-26-28(15-36-27)42(16-22-9-12-43-22)31(38-26)17-41-10-7-20(8-11-41)23-3-2-4-29-32(23)45-30(18-44-29)24-6-5-21(34)13-25(24)35/h2-6,13-15,20,22,30H,7-12,16-18H2,1H3,(H,37,39,40). The summed E-state index contributed by atoms with van der Waals surface area (Å²) < 4.78 is 35.3. The van der Waals surface area contributed by atoms with Crippen molar-refractivity contribution in [2.24, 2.45) is 0 Å². The van der Waals surface area contributed by atoms with Crippen LogP contribution in [0.2, 0.25) is 5.02 Å². The molecular weight excluding hydrogens is 597 g/mol. The van der Waals surface area contributed by atoms with Crippen molar-refractivity contribution in [3.8, 4) is 23.0 Å². The molecule has 2 fully saturated rings. The van der Waals surface area contributed by atoms with E-state index in [1.807, 2.05) is 31.3 Å². The summed E-state index contributed by atoms with van der Waals surface area (Å²) >= 11 is 5.98. The lowest BCUT2D eigenvalue weighted by Crippen LogP contribution is -2.35. The van der Waals surface area contributed by atoms with E-state index in [0.29, 0.717) is 39.5 Å². The van der Waals surface area contributed by atoms with Crippen molar-refractivity contribution >= 4 is 22.6 Å². The Morgan fingerprint density at radius 2 is 1.93 bits per heavy atom. The number of fused-ring (bicyclic) bond motifs is 2. The second-order valence-corrected chi connectivity index (χ2v) is 12.5. The largest absolute Gasteiger partial charge is 0.485 e. The van der Waals surface area contributed by atoms with Gasteiger partial charge in [0, 0.05) is 22.8 Å². The van der Waals surface area contributed by atoms with Gasteiger partial charge in [0.15, 0.2) is 23.4 Å². The highest BCUT2D eigenvalue weighted by Crippen LogP contribution is 2.45. The van der Waals surface area contributed by atoms with Gasteiger partial charge in [-0.05, 0) is 69.5 Å². The van der Waals surface area contributed by atoms with Gasteiger partial charge in [-0.2, -0.15) is 5.10 Å². The molecule has 2 saturated heterocycles. The minimum atomic E-state index is -0.536. The summed E-state index contributed by atoms with van der Waals surface area (Å²) in [6.07, 6.45) is 4.50. The highest BCUT2D eigenvalue weighted by Gasteiger charge is 2.31. The van der Waals surface area contributed by atoms with Crippen molar-refractivity contribution in [1.29, 1.82) is 0 Å². The van der Waals surface area contributed by atoms with Crippen molar-refractivity contribution in [2.75, 3.05) is 26.3 Å². The first-order chi connectivity index (χ1) is 22.0. The number of piperidine rings is 1. The molecule has 2 unspecified atom stereocenters. The van der Waals surface area contributed by atoms with Gasteiger partial charge in [-0.1, -0.05) is 29.8 Å². The molecule has 0 aliphatic carbocycles. The molecule has 0 spiro atoms. The monoisotopic (exact) mass is 629 g/mol. The zero-order chi connectivity index (χ0) is 30.5. The van der Waals surface area contributed by atoms with Gasteiger partial charge in [-0.25, -0.2) is 14.4 Å². The van der Waals surface area contributed by atoms with E-state index in [9.17, 15) is 4.39 Å². The molecular formula is C33H33ClFN7O3. The number of benzene rings is 2. The number of ether oxygens (including phenoxy) is 3. The average Bonchev–Trinajstić information content (AvgIpc) is 3.61. The van der Waals surface area contributed by atoms with Crippen LogP contribution in [0, 0.1) is 12.7 Å². The number of hydrogen-bond acceptors (Lipinski definition) is 8. The number of rotatable bonds is 7. The third-order valence-corrected chi connectivity index (χ3v) is 9.32. The third kappa shape index (κ3) is 5.53. The van der Waals surface area contributed by atoms with Crippen LogP contribution >= 0.6 is 11.6 Å². The smallest absolute Gasteiger partial charge is 0.199 e. The number of aromatic nitrogens is 6. The number of nitrogens with zero attached hydrogens (tertiary/aromatic N) is 6. The Bertz CT molecular complexity index is 1860. The molecule has 232 valence electrons. The van der Waals surface area contributed by atoms with E-state index < -0.39 is 6.10 Å². The highest BCUT2D eigenvalue weighted by molar-refractivity contribution is 6.30. The van der Waals surface area contributed by atoms with Crippen LogP contribution in [0.5, 0.6) is 11.5 Å². The van der Waals surface area contributed by atoms with Gasteiger partial charge in [0.2, 0.25) is 0 Å². The lowest BCUT2D eigenvalue weighted by atomic mass is 9.88. The van der Waals surface area contributed by atoms with Gasteiger partial charge < -0.3 is 18.8 Å². The van der Waals surface area contributed by atoms with Crippen LogP contribution in [0.25, 0.3) is 22.6 Å². The second kappa shape index (κ2) is 11.7. The number of likely N-dealkylation sites (tertiary alicyclic amines) is 1. The Balaban J connectivity index is 0.997. The quantitative estimate of drug-likeness (QED) is 0.234. The van der Waals surface area contributed by atoms with Crippen molar-refractivity contribution in [3.05, 3.63) is 82.3 Å². The summed E-state index contributed by atoms with van der Waals surface area (Å²) in [5.41, 5.74) is 4.13. The first kappa shape index (κ1) is 28.4. The summed E-state index contributed by atoms with van der Waals surface area (Å²) in [6, 6.07) is 12.7. The van der Waals surface area contributed by atoms with E-state index in [1.54, 1.807) is 12.1 Å². The Morgan fingerprint density at radius 1 is 1.07 bits per heavy atom. The van der Waals surface area contributed by atoms with Gasteiger partial charge in [-0.3, -0.25) is 15.0 Å². The lowest BCUT2D eigenvalue weighted by Gasteiger charge is -2.35. The molecule has 5 aromatic rings. The van der Waals surface area contributed by atoms with Crippen LogP contribution < -0.4 is 9.47 Å². The predicted molar refractivity (Wildman–Crippen MR) is 166 cm³/mol. The zero-order valence-electron chi connectivity index (χ0n) is 24.9. The van der Waals surface area contributed by atoms with Crippen molar-refractivity contribution in [1.82, 2.24) is 34.6 Å². The lowest BCUT2D eigenvalue weighted by molar-refractivity contribution is -0.0592. The number of halogens is 2. The highest BCUT2D eigenvalue weighted by atomic mass is 35.5. The number of imidazole rings is 1. The van der Waals surface area contributed by atoms with Crippen LogP contribution in [0.4, 0.5) is 4.39 Å². The summed E-state index contributed by atoms with van der Waals surface area (Å²) in [5, 5.41) is 7.52. The molecule has 3 aromatic heterocycles. The second-order valence-electron chi connectivity index (χ2n) is 12.0. The minimum absolute atomic E-state index is 0.193. The van der Waals surface area contributed by atoms with E-state index >= 15 is 0 Å². The Hall–Kier alpha value is -4.06. The fraction of sp³-hybridized carbons (Fsp3) is 0.394. The molecule has 10 nitrogen and oxygen atoms in total. The molecule has 0 amide bonds. The van der Waals surface area contributed by atoms with Gasteiger partial charge in [-0.15, -0.1) is 0 Å². The number of aromatic amines is 1. The molecule has 8 rings (SSSR count). The molecule has 2 atom stereocenters. The number of hydrogen-bond donors (Lipinski definition) is 1. The van der Waals surface area contributed by atoms with Crippen LogP contribution in [-0.2, 0) is 17.8 Å². The molecule has 2 aromatic carbocycles. The summed E-state index contributed by atoms with van der Waals surface area (Å²) in [4.78, 5) is 16.6. The first-order valence-electron chi connectivity index (χ1n) is 15.4. The number of pyridine rings is 1. The number of H-pyrrole nitrogens is 1. The van der Waals surface area contributed by atoms with E-state index in [2.05, 4.69) is 35.7 Å². The maximum absolute atomic E-state index is 14.7. The zero-order valence-corrected chi connectivity index (χ0v) is 25.6. The Morgan fingerprint density at radius 3 is 2.69 bits per heavy atom. The predicted octanol–water partition coefficient (Wildman–Crippen LogP) is 6.00. The van der Waals surface area contributed by atoms with Gasteiger partial charge >= 0.3 is 0 Å². The number of aryl methyl sites for hydroxylation is 1. The Labute approximate surface area is 264 Å². The van der Waals surface area contributed by atoms with E-state index in [1.165, 1.54) is 6.07 Å². The van der Waals surface area contributed by atoms with Crippen molar-refractivity contribution in [2.45, 2.75) is 57.4 Å². The van der Waals surface area contributed by atoms with Crippen molar-refractivity contribution < 1.29 is 18.6 Å². The average molecular weight is 630 g/mol. The van der Waals surface area contributed by atoms with Gasteiger partial charge in [0.1, 0.15) is 29.8 Å². The van der Waals surface area contributed by atoms with E-state index in [4.69, 9.17) is 30.8 Å². The summed E-state index contributed by atoms with van der Waals surface area (Å²) in [6.45, 7) is 6.23. The minimum Gasteiger partial charge on any atom is -0.485 e. The van der Waals surface area contributed by atoms with Gasteiger partial charge in [0.05, 0.1) is 36.4 Å². The van der Waals surface area contributed by atoms with Crippen LogP contribution in [0.3, 0.4) is 0 Å². The normalized spacial score (nSPS) is 20.4. The molecule has 3 aliphatic heterocycles. The number of para-hydroxylation sites is 1. The molecule has 45 heavy (non-hydrogen) atoms. The Kier molecular flexibility index (Phi) is 7.39. The first-order valence-corrected chi connectivity index (χ1v) is 15.8. The fourth-order valence-electron chi connectivity index (χ4n) is 6.56. The molecule has 0 saturated carbocycles. The topological polar surface area (TPSA) is 103 Å². The SMILES string of the molecule is Cc1nc(-c2cc3nc(CN4CCC(c5cccc6c5OC(c5ccc(Cl)cc5F)CO6)CC4)n(CC4CCO4)c3cn2)n[nH]1. The number of nitrogens with one attached hydrogen (secondary N) is 1. The van der Waals surface area contributed by atoms with Gasteiger partial charge in [0.25, 0.3) is 0 Å². The molecule has 6 heterocycles. The van der Waals surface area contributed by atoms with Crippen LogP contribution in [-0.4, -0.2) is 67.0 Å². The maximum Gasteiger partial charge on any atom is 0.199 e. The molecule has 3 aliphatic rings. The van der Waals surface area contributed by atoms with E-state index in [-0.39, 0.29) is 18.5 Å². The fourth-order valence-corrected chi connectivity index (χ4v) is 6.72. The van der Waals surface area contributed by atoms with E-state index in [0.717, 1.165) is 80.3 Å².